The van der Waals surface area contributed by atoms with Crippen LogP contribution in [-0.2, 0) is 16.0 Å². The molecule has 0 aromatic heterocycles. The third-order valence-electron chi connectivity index (χ3n) is 5.19. The predicted molar refractivity (Wildman–Crippen MR) is 89.7 cm³/mol. The van der Waals surface area contributed by atoms with Crippen molar-refractivity contribution in [2.75, 3.05) is 33.3 Å². The Morgan fingerprint density at radius 2 is 2.00 bits per heavy atom. The second-order valence-electron chi connectivity index (χ2n) is 6.86. The van der Waals surface area contributed by atoms with Crippen LogP contribution in [0.3, 0.4) is 0 Å². The van der Waals surface area contributed by atoms with Gasteiger partial charge in [0.05, 0.1) is 7.11 Å². The van der Waals surface area contributed by atoms with E-state index in [-0.39, 0.29) is 23.7 Å². The van der Waals surface area contributed by atoms with Gasteiger partial charge in [-0.25, -0.2) is 9.82 Å². The number of hydrogen-bond acceptors (Lipinski definition) is 5. The van der Waals surface area contributed by atoms with Gasteiger partial charge in [-0.1, -0.05) is 12.1 Å². The lowest BCUT2D eigenvalue weighted by Gasteiger charge is -2.34. The molecule has 132 valence electrons. The van der Waals surface area contributed by atoms with Crippen molar-refractivity contribution in [3.63, 3.8) is 0 Å². The summed E-state index contributed by atoms with van der Waals surface area (Å²) >= 11 is 0. The fourth-order valence-electron chi connectivity index (χ4n) is 3.74. The van der Waals surface area contributed by atoms with E-state index in [0.717, 1.165) is 45.4 Å². The zero-order chi connectivity index (χ0) is 16.9. The van der Waals surface area contributed by atoms with Crippen LogP contribution >= 0.6 is 0 Å². The van der Waals surface area contributed by atoms with E-state index in [1.165, 1.54) is 24.8 Å². The highest BCUT2D eigenvalue weighted by atomic mass is 19.1. The highest BCUT2D eigenvalue weighted by Crippen LogP contribution is 2.23. The minimum Gasteiger partial charge on any atom is -0.468 e. The number of methoxy groups -OCH3 is 1. The lowest BCUT2D eigenvalue weighted by molar-refractivity contribution is -0.144. The molecule has 2 aliphatic heterocycles. The number of halogens is 1. The number of carbonyl (C=O) groups is 1. The molecule has 3 rings (SSSR count). The molecule has 1 aromatic rings. The van der Waals surface area contributed by atoms with E-state index in [1.807, 2.05) is 12.1 Å². The maximum absolute atomic E-state index is 13.0. The molecule has 0 spiro atoms. The van der Waals surface area contributed by atoms with Crippen LogP contribution in [0.1, 0.15) is 18.4 Å². The molecule has 1 aromatic carbocycles. The van der Waals surface area contributed by atoms with Gasteiger partial charge in [0.2, 0.25) is 0 Å². The number of piperidine rings is 1. The van der Waals surface area contributed by atoms with E-state index >= 15 is 0 Å². The van der Waals surface area contributed by atoms with E-state index in [0.29, 0.717) is 5.92 Å². The number of nitrogens with one attached hydrogen (secondary N) is 2. The van der Waals surface area contributed by atoms with Crippen LogP contribution in [0.4, 0.5) is 4.39 Å². The van der Waals surface area contributed by atoms with Gasteiger partial charge in [0.1, 0.15) is 11.9 Å². The van der Waals surface area contributed by atoms with Gasteiger partial charge in [-0.3, -0.25) is 10.2 Å². The fourth-order valence-corrected chi connectivity index (χ4v) is 3.74. The number of hydrogen-bond donors (Lipinski definition) is 2. The zero-order valence-corrected chi connectivity index (χ0v) is 14.1. The van der Waals surface area contributed by atoms with E-state index in [1.54, 1.807) is 0 Å². The maximum Gasteiger partial charge on any atom is 0.324 e. The molecule has 6 heteroatoms. The van der Waals surface area contributed by atoms with Crippen LogP contribution in [0.15, 0.2) is 24.3 Å². The molecule has 2 heterocycles. The Morgan fingerprint density at radius 1 is 1.29 bits per heavy atom. The average molecular weight is 335 g/mol. The number of ether oxygens (including phenoxy) is 1. The number of nitrogens with zero attached hydrogens (tertiary/aromatic N) is 1. The number of carbonyl (C=O) groups excluding carboxylic acids is 1. The molecule has 2 fully saturated rings. The second kappa shape index (κ2) is 8.05. The lowest BCUT2D eigenvalue weighted by atomic mass is 9.89. The number of benzene rings is 1. The van der Waals surface area contributed by atoms with Gasteiger partial charge < -0.3 is 9.64 Å². The average Bonchev–Trinajstić information content (AvgIpc) is 3.06. The number of likely N-dealkylation sites (tertiary alicyclic amines) is 1. The van der Waals surface area contributed by atoms with Crippen LogP contribution in [0.2, 0.25) is 0 Å². The Hall–Kier alpha value is -1.50. The summed E-state index contributed by atoms with van der Waals surface area (Å²) in [7, 11) is 1.43. The Kier molecular flexibility index (Phi) is 5.81. The van der Waals surface area contributed by atoms with Crippen molar-refractivity contribution in [3.8, 4) is 0 Å². The Balaban J connectivity index is 1.45. The van der Waals surface area contributed by atoms with Crippen molar-refractivity contribution in [1.29, 1.82) is 0 Å². The van der Waals surface area contributed by atoms with E-state index in [4.69, 9.17) is 4.74 Å². The molecular formula is C18H26FN3O2. The molecule has 2 unspecified atom stereocenters. The van der Waals surface area contributed by atoms with Crippen LogP contribution in [0.25, 0.3) is 0 Å². The quantitative estimate of drug-likeness (QED) is 0.796. The minimum atomic E-state index is -0.257. The van der Waals surface area contributed by atoms with E-state index < -0.39 is 0 Å². The van der Waals surface area contributed by atoms with Crippen molar-refractivity contribution in [2.24, 2.45) is 11.8 Å². The Bertz CT molecular complexity index is 544. The molecule has 5 nitrogen and oxygen atoms in total. The van der Waals surface area contributed by atoms with Gasteiger partial charge in [0.25, 0.3) is 0 Å². The second-order valence-corrected chi connectivity index (χ2v) is 6.86. The summed E-state index contributed by atoms with van der Waals surface area (Å²) in [5.41, 5.74) is 7.29. The molecule has 2 atom stereocenters. The summed E-state index contributed by atoms with van der Waals surface area (Å²) in [6.45, 7) is 3.80. The topological polar surface area (TPSA) is 53.6 Å². The first kappa shape index (κ1) is 17.3. The normalized spacial score (nSPS) is 25.8. The van der Waals surface area contributed by atoms with E-state index in [9.17, 15) is 9.18 Å². The van der Waals surface area contributed by atoms with Crippen molar-refractivity contribution >= 4 is 5.97 Å². The van der Waals surface area contributed by atoms with Gasteiger partial charge in [-0.05, 0) is 56.0 Å². The van der Waals surface area contributed by atoms with Gasteiger partial charge in [0, 0.05) is 19.0 Å². The summed E-state index contributed by atoms with van der Waals surface area (Å²) in [6.07, 6.45) is 3.31. The molecular weight excluding hydrogens is 309 g/mol. The third kappa shape index (κ3) is 4.32. The maximum atomic E-state index is 13.0. The predicted octanol–water partition coefficient (Wildman–Crippen LogP) is 1.35. The first-order chi connectivity index (χ1) is 11.7. The lowest BCUT2D eigenvalue weighted by Crippen LogP contribution is -2.45. The standard InChI is InChI=1S/C18H26FN3O2/c1-24-18(23)17-15(11-20-21-17)12-22-8-6-14(7-9-22)10-13-2-4-16(19)5-3-13/h2-5,14-15,17,20-21H,6-12H2,1H3. The van der Waals surface area contributed by atoms with E-state index in [2.05, 4.69) is 15.8 Å². The summed E-state index contributed by atoms with van der Waals surface area (Å²) in [5, 5.41) is 0. The summed E-state index contributed by atoms with van der Waals surface area (Å²) in [4.78, 5) is 14.2. The summed E-state index contributed by atoms with van der Waals surface area (Å²) in [6, 6.07) is 6.60. The molecule has 0 aliphatic carbocycles. The Labute approximate surface area is 142 Å². The monoisotopic (exact) mass is 335 g/mol. The van der Waals surface area contributed by atoms with Crippen molar-refractivity contribution in [1.82, 2.24) is 15.8 Å². The number of esters is 1. The first-order valence-corrected chi connectivity index (χ1v) is 8.68. The zero-order valence-electron chi connectivity index (χ0n) is 14.1. The molecule has 24 heavy (non-hydrogen) atoms. The van der Waals surface area contributed by atoms with Crippen molar-refractivity contribution in [3.05, 3.63) is 35.6 Å². The summed E-state index contributed by atoms with van der Waals surface area (Å²) in [5.74, 6) is 0.526. The van der Waals surface area contributed by atoms with Crippen molar-refractivity contribution in [2.45, 2.75) is 25.3 Å². The first-order valence-electron chi connectivity index (χ1n) is 8.68. The highest BCUT2D eigenvalue weighted by molar-refractivity contribution is 5.76. The molecule has 0 bridgehead atoms. The molecule has 0 radical (unpaired) electrons. The van der Waals surface area contributed by atoms with Crippen LogP contribution in [-0.4, -0.2) is 50.2 Å². The summed E-state index contributed by atoms with van der Waals surface area (Å²) < 4.78 is 17.8. The number of rotatable bonds is 5. The van der Waals surface area contributed by atoms with Crippen LogP contribution < -0.4 is 10.9 Å². The highest BCUT2D eigenvalue weighted by Gasteiger charge is 2.35. The Morgan fingerprint density at radius 3 is 2.67 bits per heavy atom. The molecule has 2 saturated heterocycles. The van der Waals surface area contributed by atoms with Crippen LogP contribution in [0, 0.1) is 17.7 Å². The molecule has 0 amide bonds. The van der Waals surface area contributed by atoms with Gasteiger partial charge in [-0.2, -0.15) is 0 Å². The molecule has 0 saturated carbocycles. The molecule has 2 N–H and O–H groups in total. The largest absolute Gasteiger partial charge is 0.468 e. The van der Waals surface area contributed by atoms with Crippen molar-refractivity contribution < 1.29 is 13.9 Å². The smallest absolute Gasteiger partial charge is 0.324 e. The fraction of sp³-hybridized carbons (Fsp3) is 0.611. The molecule has 2 aliphatic rings. The van der Waals surface area contributed by atoms with Gasteiger partial charge in [0.15, 0.2) is 0 Å². The SMILES string of the molecule is COC(=O)C1NNCC1CN1CCC(Cc2ccc(F)cc2)CC1. The van der Waals surface area contributed by atoms with Gasteiger partial charge >= 0.3 is 5.97 Å². The number of hydrazine groups is 1. The van der Waals surface area contributed by atoms with Gasteiger partial charge in [-0.15, -0.1) is 0 Å². The third-order valence-corrected chi connectivity index (χ3v) is 5.19. The van der Waals surface area contributed by atoms with Crippen LogP contribution in [0.5, 0.6) is 0 Å². The minimum absolute atomic E-state index is 0.174.